The van der Waals surface area contributed by atoms with Crippen LogP contribution in [0.15, 0.2) is 30.7 Å². The van der Waals surface area contributed by atoms with Crippen LogP contribution in [-0.2, 0) is 0 Å². The Morgan fingerprint density at radius 3 is 2.69 bits per heavy atom. The van der Waals surface area contributed by atoms with E-state index in [0.29, 0.717) is 40.9 Å². The van der Waals surface area contributed by atoms with Gasteiger partial charge in [0.15, 0.2) is 11.5 Å². The van der Waals surface area contributed by atoms with Crippen molar-refractivity contribution in [2.24, 2.45) is 0 Å². The SMILES string of the molecule is CC(C)(O)[C@H](F)CNC(=O)c1cnc(-n2ncc3cc(C#N)cnc32)cc1N[C@H]1CC[C@H](O)CC1. The number of amides is 1. The number of nitrogens with zero attached hydrogens (tertiary/aromatic N) is 5. The summed E-state index contributed by atoms with van der Waals surface area (Å²) in [6.45, 7) is 2.33. The molecule has 1 aliphatic rings. The number of alkyl halides is 1. The summed E-state index contributed by atoms with van der Waals surface area (Å²) in [5.41, 5.74) is 0.0460. The number of anilines is 1. The largest absolute Gasteiger partial charge is 0.393 e. The maximum Gasteiger partial charge on any atom is 0.255 e. The zero-order valence-electron chi connectivity index (χ0n) is 19.6. The molecule has 1 atom stereocenters. The van der Waals surface area contributed by atoms with Crippen molar-refractivity contribution in [1.82, 2.24) is 25.1 Å². The molecule has 1 fully saturated rings. The molecular weight excluding hydrogens is 453 g/mol. The predicted octanol–water partition coefficient (Wildman–Crippen LogP) is 2.24. The van der Waals surface area contributed by atoms with E-state index in [2.05, 4.69) is 25.7 Å². The quantitative estimate of drug-likeness (QED) is 0.401. The molecule has 0 saturated heterocycles. The molecule has 0 radical (unpaired) electrons. The Kier molecular flexibility index (Phi) is 6.95. The van der Waals surface area contributed by atoms with Crippen molar-refractivity contribution in [3.8, 4) is 11.9 Å². The summed E-state index contributed by atoms with van der Waals surface area (Å²) in [4.78, 5) is 21.6. The number of hydrogen-bond acceptors (Lipinski definition) is 8. The van der Waals surface area contributed by atoms with E-state index in [9.17, 15) is 19.4 Å². The van der Waals surface area contributed by atoms with Crippen molar-refractivity contribution in [1.29, 1.82) is 5.26 Å². The monoisotopic (exact) mass is 481 g/mol. The van der Waals surface area contributed by atoms with Gasteiger partial charge in [0, 0.05) is 29.9 Å². The minimum Gasteiger partial charge on any atom is -0.393 e. The lowest BCUT2D eigenvalue weighted by Crippen LogP contribution is -2.42. The van der Waals surface area contributed by atoms with Gasteiger partial charge >= 0.3 is 0 Å². The topological polar surface area (TPSA) is 149 Å². The van der Waals surface area contributed by atoms with Gasteiger partial charge in [-0.25, -0.2) is 14.4 Å². The molecule has 1 saturated carbocycles. The first-order valence-electron chi connectivity index (χ1n) is 11.5. The number of aliphatic hydroxyl groups is 2. The van der Waals surface area contributed by atoms with Gasteiger partial charge in [-0.15, -0.1) is 0 Å². The summed E-state index contributed by atoms with van der Waals surface area (Å²) in [7, 11) is 0. The van der Waals surface area contributed by atoms with Gasteiger partial charge in [0.05, 0.1) is 41.3 Å². The third-order valence-electron chi connectivity index (χ3n) is 6.15. The number of nitrogens with one attached hydrogen (secondary N) is 2. The summed E-state index contributed by atoms with van der Waals surface area (Å²) < 4.78 is 15.7. The first-order valence-corrected chi connectivity index (χ1v) is 11.5. The predicted molar refractivity (Wildman–Crippen MR) is 127 cm³/mol. The highest BCUT2D eigenvalue weighted by Crippen LogP contribution is 2.26. The lowest BCUT2D eigenvalue weighted by Gasteiger charge is -2.28. The van der Waals surface area contributed by atoms with Gasteiger partial charge in [0.2, 0.25) is 0 Å². The van der Waals surface area contributed by atoms with Crippen molar-refractivity contribution in [3.05, 3.63) is 41.9 Å². The van der Waals surface area contributed by atoms with Crippen LogP contribution in [0.1, 0.15) is 55.5 Å². The number of rotatable bonds is 7. The van der Waals surface area contributed by atoms with Crippen LogP contribution in [0.2, 0.25) is 0 Å². The highest BCUT2D eigenvalue weighted by atomic mass is 19.1. The molecule has 11 heteroatoms. The Morgan fingerprint density at radius 2 is 2.00 bits per heavy atom. The van der Waals surface area contributed by atoms with Gasteiger partial charge < -0.3 is 20.8 Å². The summed E-state index contributed by atoms with van der Waals surface area (Å²) in [6, 6.07) is 5.44. The zero-order chi connectivity index (χ0) is 25.2. The van der Waals surface area contributed by atoms with Gasteiger partial charge in [-0.3, -0.25) is 4.79 Å². The first kappa shape index (κ1) is 24.5. The van der Waals surface area contributed by atoms with Crippen molar-refractivity contribution < 1.29 is 19.4 Å². The first-order chi connectivity index (χ1) is 16.7. The van der Waals surface area contributed by atoms with Gasteiger partial charge in [0.25, 0.3) is 5.91 Å². The second-order valence-electron chi connectivity index (χ2n) is 9.37. The number of aliphatic hydroxyl groups excluding tert-OH is 1. The van der Waals surface area contributed by atoms with Crippen LogP contribution >= 0.6 is 0 Å². The molecule has 10 nitrogen and oxygen atoms in total. The molecule has 0 unspecified atom stereocenters. The maximum absolute atomic E-state index is 14.2. The average Bonchev–Trinajstić information content (AvgIpc) is 3.26. The zero-order valence-corrected chi connectivity index (χ0v) is 19.6. The van der Waals surface area contributed by atoms with Crippen LogP contribution in [-0.4, -0.2) is 66.3 Å². The number of aromatic nitrogens is 4. The Morgan fingerprint density at radius 1 is 1.26 bits per heavy atom. The lowest BCUT2D eigenvalue weighted by molar-refractivity contribution is -0.00177. The molecule has 3 aromatic heterocycles. The van der Waals surface area contributed by atoms with Crippen molar-refractivity contribution >= 4 is 22.6 Å². The fraction of sp³-hybridized carbons (Fsp3) is 0.458. The van der Waals surface area contributed by atoms with Gasteiger partial charge in [0.1, 0.15) is 12.2 Å². The Balaban J connectivity index is 1.65. The number of pyridine rings is 2. The summed E-state index contributed by atoms with van der Waals surface area (Å²) >= 11 is 0. The highest BCUT2D eigenvalue weighted by molar-refractivity contribution is 5.99. The van der Waals surface area contributed by atoms with E-state index in [0.717, 1.165) is 12.8 Å². The summed E-state index contributed by atoms with van der Waals surface area (Å²) in [6.07, 6.45) is 5.22. The highest BCUT2D eigenvalue weighted by Gasteiger charge is 2.28. The van der Waals surface area contributed by atoms with Crippen LogP contribution in [0.4, 0.5) is 10.1 Å². The second-order valence-corrected chi connectivity index (χ2v) is 9.37. The van der Waals surface area contributed by atoms with E-state index in [4.69, 9.17) is 5.26 Å². The lowest BCUT2D eigenvalue weighted by atomic mass is 9.93. The molecule has 0 spiro atoms. The molecule has 1 amide bonds. The van der Waals surface area contributed by atoms with E-state index in [1.54, 1.807) is 18.3 Å². The number of halogens is 1. The van der Waals surface area contributed by atoms with Crippen molar-refractivity contribution in [3.63, 3.8) is 0 Å². The van der Waals surface area contributed by atoms with Gasteiger partial charge in [-0.1, -0.05) is 0 Å². The molecule has 0 bridgehead atoms. The van der Waals surface area contributed by atoms with E-state index >= 15 is 0 Å². The summed E-state index contributed by atoms with van der Waals surface area (Å²) in [5.74, 6) is -0.122. The minimum atomic E-state index is -1.64. The minimum absolute atomic E-state index is 0.0381. The fourth-order valence-corrected chi connectivity index (χ4v) is 3.98. The third kappa shape index (κ3) is 5.55. The van der Waals surface area contributed by atoms with E-state index in [1.165, 1.54) is 30.9 Å². The third-order valence-corrected chi connectivity index (χ3v) is 6.15. The molecule has 35 heavy (non-hydrogen) atoms. The molecule has 3 aromatic rings. The van der Waals surface area contributed by atoms with Crippen molar-refractivity contribution in [2.45, 2.75) is 63.4 Å². The smallest absolute Gasteiger partial charge is 0.255 e. The van der Waals surface area contributed by atoms with E-state index in [1.807, 2.05) is 6.07 Å². The Bertz CT molecular complexity index is 1260. The van der Waals surface area contributed by atoms with Crippen LogP contribution in [0, 0.1) is 11.3 Å². The molecule has 184 valence electrons. The molecule has 4 rings (SSSR count). The Labute approximate surface area is 201 Å². The van der Waals surface area contributed by atoms with Crippen LogP contribution in [0.25, 0.3) is 16.9 Å². The molecule has 3 heterocycles. The van der Waals surface area contributed by atoms with Crippen LogP contribution < -0.4 is 10.6 Å². The maximum atomic E-state index is 14.2. The molecule has 0 aliphatic heterocycles. The molecule has 4 N–H and O–H groups in total. The second kappa shape index (κ2) is 9.93. The molecule has 1 aliphatic carbocycles. The van der Waals surface area contributed by atoms with Gasteiger partial charge in [-0.2, -0.15) is 15.0 Å². The standard InChI is InChI=1S/C24H28FN7O3/c1-24(2,35)20(25)13-29-23(34)18-12-27-21(8-19(18)31-16-3-5-17(33)6-4-16)32-22-15(11-30-32)7-14(9-26)10-28-22/h7-8,10-12,16-17,20,33,35H,3-6,13H2,1-2H3,(H,27,31)(H,29,34)/t16-,17-,20-/m1/s1. The number of carbonyl (C=O) groups is 1. The average molecular weight is 482 g/mol. The number of carbonyl (C=O) groups excluding carboxylic acids is 1. The molecular formula is C24H28FN7O3. The number of nitriles is 1. The number of fused-ring (bicyclic) bond motifs is 1. The van der Waals surface area contributed by atoms with Crippen LogP contribution in [0.3, 0.4) is 0 Å². The summed E-state index contributed by atoms with van der Waals surface area (Å²) in [5, 5.41) is 39.7. The van der Waals surface area contributed by atoms with Gasteiger partial charge in [-0.05, 0) is 45.6 Å². The fourth-order valence-electron chi connectivity index (χ4n) is 3.98. The van der Waals surface area contributed by atoms with Crippen molar-refractivity contribution in [2.75, 3.05) is 11.9 Å². The van der Waals surface area contributed by atoms with E-state index in [-0.39, 0.29) is 24.3 Å². The number of hydrogen-bond donors (Lipinski definition) is 4. The normalized spacial score (nSPS) is 19.2. The Hall–Kier alpha value is -3.62. The molecule has 0 aromatic carbocycles. The van der Waals surface area contributed by atoms with Crippen LogP contribution in [0.5, 0.6) is 0 Å². The van der Waals surface area contributed by atoms with E-state index < -0.39 is 17.7 Å².